The normalized spacial score (nSPS) is 16.3. The predicted molar refractivity (Wildman–Crippen MR) is 85.6 cm³/mol. The highest BCUT2D eigenvalue weighted by Crippen LogP contribution is 2.42. The van der Waals surface area contributed by atoms with Crippen LogP contribution < -0.4 is 14.4 Å². The van der Waals surface area contributed by atoms with Crippen molar-refractivity contribution in [3.8, 4) is 11.5 Å². The molecular formula is C18H19NO3. The third kappa shape index (κ3) is 2.30. The van der Waals surface area contributed by atoms with Gasteiger partial charge in [0.2, 0.25) is 5.91 Å². The Kier molecular flexibility index (Phi) is 3.75. The monoisotopic (exact) mass is 297 g/mol. The number of fused-ring (bicyclic) bond motifs is 1. The molecule has 0 saturated carbocycles. The number of carbonyl (C=O) groups is 1. The maximum absolute atomic E-state index is 12.1. The van der Waals surface area contributed by atoms with Crippen LogP contribution in [-0.4, -0.2) is 20.1 Å². The smallest absolute Gasteiger partial charge is 0.224 e. The predicted octanol–water partition coefficient (Wildman–Crippen LogP) is 3.35. The summed E-state index contributed by atoms with van der Waals surface area (Å²) in [5.41, 5.74) is 3.23. The Labute approximate surface area is 130 Å². The topological polar surface area (TPSA) is 38.8 Å². The van der Waals surface area contributed by atoms with E-state index in [0.717, 1.165) is 17.7 Å². The fourth-order valence-corrected chi connectivity index (χ4v) is 3.10. The van der Waals surface area contributed by atoms with E-state index in [-0.39, 0.29) is 11.9 Å². The minimum Gasteiger partial charge on any atom is -0.493 e. The molecule has 1 unspecified atom stereocenters. The summed E-state index contributed by atoms with van der Waals surface area (Å²) < 4.78 is 10.7. The maximum atomic E-state index is 12.1. The zero-order chi connectivity index (χ0) is 15.7. The van der Waals surface area contributed by atoms with Gasteiger partial charge in [-0.1, -0.05) is 24.3 Å². The number of carbonyl (C=O) groups excluding carboxylic acids is 1. The van der Waals surface area contributed by atoms with Crippen LogP contribution in [0.2, 0.25) is 0 Å². The highest BCUT2D eigenvalue weighted by Gasteiger charge is 2.33. The summed E-state index contributed by atoms with van der Waals surface area (Å²) in [6.07, 6.45) is 0.811. The van der Waals surface area contributed by atoms with Crippen molar-refractivity contribution in [3.05, 3.63) is 53.6 Å². The fraction of sp³-hybridized carbons (Fsp3) is 0.278. The molecule has 0 spiro atoms. The summed E-state index contributed by atoms with van der Waals surface area (Å²) in [4.78, 5) is 14.0. The zero-order valence-electron chi connectivity index (χ0n) is 13.0. The lowest BCUT2D eigenvalue weighted by Gasteiger charge is -2.25. The summed E-state index contributed by atoms with van der Waals surface area (Å²) in [6.45, 7) is 1.61. The number of hydrogen-bond donors (Lipinski definition) is 0. The van der Waals surface area contributed by atoms with Crippen LogP contribution in [0.3, 0.4) is 0 Å². The average Bonchev–Trinajstić information content (AvgIpc) is 2.93. The van der Waals surface area contributed by atoms with Crippen LogP contribution in [0.5, 0.6) is 11.5 Å². The Bertz CT molecular complexity index is 711. The summed E-state index contributed by atoms with van der Waals surface area (Å²) in [5, 5.41) is 0. The SMILES string of the molecule is COc1ccc(C2Cc3ccccc3N2C(C)=O)cc1OC. The van der Waals surface area contributed by atoms with Crippen molar-refractivity contribution in [2.45, 2.75) is 19.4 Å². The van der Waals surface area contributed by atoms with E-state index >= 15 is 0 Å². The van der Waals surface area contributed by atoms with Gasteiger partial charge < -0.3 is 14.4 Å². The molecule has 0 fully saturated rings. The number of benzene rings is 2. The van der Waals surface area contributed by atoms with Gasteiger partial charge in [0.1, 0.15) is 0 Å². The highest BCUT2D eigenvalue weighted by molar-refractivity contribution is 5.94. The fourth-order valence-electron chi connectivity index (χ4n) is 3.10. The molecule has 4 heteroatoms. The first-order valence-electron chi connectivity index (χ1n) is 7.25. The Balaban J connectivity index is 2.03. The maximum Gasteiger partial charge on any atom is 0.224 e. The molecular weight excluding hydrogens is 278 g/mol. The molecule has 1 atom stereocenters. The quantitative estimate of drug-likeness (QED) is 0.872. The lowest BCUT2D eigenvalue weighted by atomic mass is 10.0. The lowest BCUT2D eigenvalue weighted by Crippen LogP contribution is -2.29. The van der Waals surface area contributed by atoms with Crippen LogP contribution in [0.1, 0.15) is 24.1 Å². The molecule has 1 amide bonds. The van der Waals surface area contributed by atoms with Crippen LogP contribution in [-0.2, 0) is 11.2 Å². The highest BCUT2D eigenvalue weighted by atomic mass is 16.5. The van der Waals surface area contributed by atoms with E-state index in [9.17, 15) is 4.79 Å². The Morgan fingerprint density at radius 3 is 2.50 bits per heavy atom. The van der Waals surface area contributed by atoms with E-state index in [1.807, 2.05) is 41.3 Å². The first-order chi connectivity index (χ1) is 10.7. The largest absolute Gasteiger partial charge is 0.493 e. The number of amides is 1. The van der Waals surface area contributed by atoms with E-state index < -0.39 is 0 Å². The van der Waals surface area contributed by atoms with Crippen molar-refractivity contribution in [1.29, 1.82) is 0 Å². The molecule has 3 rings (SSSR count). The molecule has 2 aromatic rings. The van der Waals surface area contributed by atoms with Crippen molar-refractivity contribution in [2.24, 2.45) is 0 Å². The molecule has 0 saturated heterocycles. The van der Waals surface area contributed by atoms with Crippen molar-refractivity contribution in [1.82, 2.24) is 0 Å². The molecule has 4 nitrogen and oxygen atoms in total. The molecule has 1 heterocycles. The molecule has 0 aliphatic carbocycles. The van der Waals surface area contributed by atoms with Gasteiger partial charge in [0.25, 0.3) is 0 Å². The Morgan fingerprint density at radius 2 is 1.82 bits per heavy atom. The number of ether oxygens (including phenoxy) is 2. The zero-order valence-corrected chi connectivity index (χ0v) is 13.0. The van der Waals surface area contributed by atoms with E-state index in [1.54, 1.807) is 21.1 Å². The summed E-state index contributed by atoms with van der Waals surface area (Å²) in [6, 6.07) is 13.9. The van der Waals surface area contributed by atoms with Gasteiger partial charge in [-0.15, -0.1) is 0 Å². The van der Waals surface area contributed by atoms with Crippen LogP contribution in [0.4, 0.5) is 5.69 Å². The van der Waals surface area contributed by atoms with Gasteiger partial charge in [0.15, 0.2) is 11.5 Å². The van der Waals surface area contributed by atoms with Crippen molar-refractivity contribution < 1.29 is 14.3 Å². The molecule has 1 aliphatic rings. The molecule has 0 bridgehead atoms. The molecule has 0 radical (unpaired) electrons. The standard InChI is InChI=1S/C18H19NO3/c1-12(20)19-15-7-5-4-6-13(15)10-16(19)14-8-9-17(21-2)18(11-14)22-3/h4-9,11,16H,10H2,1-3H3. The van der Waals surface area contributed by atoms with Gasteiger partial charge in [-0.3, -0.25) is 4.79 Å². The van der Waals surface area contributed by atoms with Gasteiger partial charge in [-0.25, -0.2) is 0 Å². The first kappa shape index (κ1) is 14.4. The Morgan fingerprint density at radius 1 is 1.09 bits per heavy atom. The summed E-state index contributed by atoms with van der Waals surface area (Å²) in [7, 11) is 3.23. The molecule has 1 aliphatic heterocycles. The summed E-state index contributed by atoms with van der Waals surface area (Å²) >= 11 is 0. The molecule has 22 heavy (non-hydrogen) atoms. The van der Waals surface area contributed by atoms with Crippen molar-refractivity contribution in [2.75, 3.05) is 19.1 Å². The second-order valence-corrected chi connectivity index (χ2v) is 5.35. The molecule has 114 valence electrons. The second kappa shape index (κ2) is 5.72. The first-order valence-corrected chi connectivity index (χ1v) is 7.25. The number of hydrogen-bond acceptors (Lipinski definition) is 3. The van der Waals surface area contributed by atoms with Crippen molar-refractivity contribution >= 4 is 11.6 Å². The van der Waals surface area contributed by atoms with Crippen LogP contribution in [0.25, 0.3) is 0 Å². The molecule has 2 aromatic carbocycles. The average molecular weight is 297 g/mol. The number of anilines is 1. The molecule has 0 N–H and O–H groups in total. The van der Waals surface area contributed by atoms with E-state index in [4.69, 9.17) is 9.47 Å². The number of rotatable bonds is 3. The van der Waals surface area contributed by atoms with Gasteiger partial charge >= 0.3 is 0 Å². The van der Waals surface area contributed by atoms with Gasteiger partial charge in [0, 0.05) is 12.6 Å². The minimum absolute atomic E-state index is 0.00490. The van der Waals surface area contributed by atoms with E-state index in [1.165, 1.54) is 5.56 Å². The lowest BCUT2D eigenvalue weighted by molar-refractivity contribution is -0.116. The number of methoxy groups -OCH3 is 2. The summed E-state index contributed by atoms with van der Waals surface area (Å²) in [5.74, 6) is 1.42. The van der Waals surface area contributed by atoms with E-state index in [2.05, 4.69) is 6.07 Å². The minimum atomic E-state index is -0.00490. The Hall–Kier alpha value is -2.49. The molecule has 0 aromatic heterocycles. The van der Waals surface area contributed by atoms with E-state index in [0.29, 0.717) is 11.5 Å². The van der Waals surface area contributed by atoms with Gasteiger partial charge in [-0.2, -0.15) is 0 Å². The third-order valence-electron chi connectivity index (χ3n) is 4.11. The van der Waals surface area contributed by atoms with Crippen LogP contribution in [0, 0.1) is 0 Å². The number of nitrogens with zero attached hydrogens (tertiary/aromatic N) is 1. The van der Waals surface area contributed by atoms with Gasteiger partial charge in [0.05, 0.1) is 20.3 Å². The van der Waals surface area contributed by atoms with Crippen LogP contribution in [0.15, 0.2) is 42.5 Å². The number of para-hydroxylation sites is 1. The second-order valence-electron chi connectivity index (χ2n) is 5.35. The van der Waals surface area contributed by atoms with Gasteiger partial charge in [-0.05, 0) is 35.7 Å². The van der Waals surface area contributed by atoms with Crippen molar-refractivity contribution in [3.63, 3.8) is 0 Å². The van der Waals surface area contributed by atoms with Crippen LogP contribution >= 0.6 is 0 Å². The third-order valence-corrected chi connectivity index (χ3v) is 4.11.